The Morgan fingerprint density at radius 1 is 0.306 bits per heavy atom. The topological polar surface area (TPSA) is 97.6 Å². The maximum atomic E-state index is 4.70. The molecule has 0 atom stereocenters. The highest BCUT2D eigenvalue weighted by Crippen LogP contribution is 2.20. The van der Waals surface area contributed by atoms with Gasteiger partial charge in [0.05, 0.1) is 68.4 Å². The lowest BCUT2D eigenvalue weighted by molar-refractivity contribution is 0.762. The maximum Gasteiger partial charge on any atom is 0.0659 e. The zero-order valence-corrected chi connectivity index (χ0v) is 19.0. The van der Waals surface area contributed by atoms with Crippen molar-refractivity contribution >= 4 is 22.8 Å². The van der Waals surface area contributed by atoms with E-state index in [2.05, 4.69) is 21.7 Å². The molecule has 172 valence electrons. The van der Waals surface area contributed by atoms with Crippen molar-refractivity contribution in [3.63, 3.8) is 0 Å². The molecule has 0 radical (unpaired) electrons. The normalized spacial score (nSPS) is 22.7. The summed E-state index contributed by atoms with van der Waals surface area (Å²) >= 11 is 0. The summed E-state index contributed by atoms with van der Waals surface area (Å²) in [5, 5.41) is 0. The molecule has 7 heterocycles. The number of aliphatic imine (C=N–C) groups is 4. The van der Waals surface area contributed by atoms with Crippen LogP contribution in [-0.4, -0.2) is 22.8 Å². The number of hydrazine groups is 2. The van der Waals surface area contributed by atoms with E-state index >= 15 is 0 Å². The Kier molecular flexibility index (Phi) is 4.60. The largest absolute Gasteiger partial charge is 0.301 e. The third-order valence-corrected chi connectivity index (χ3v) is 5.86. The van der Waals surface area contributed by atoms with E-state index in [9.17, 15) is 0 Å². The summed E-state index contributed by atoms with van der Waals surface area (Å²) < 4.78 is 0. The number of nitrogens with zero attached hydrogens (tertiary/aromatic N) is 4. The van der Waals surface area contributed by atoms with Crippen molar-refractivity contribution in [2.45, 2.75) is 0 Å². The highest BCUT2D eigenvalue weighted by atomic mass is 15.4. The average Bonchev–Trinajstić information content (AvgIpc) is 3.68. The fourth-order valence-corrected chi connectivity index (χ4v) is 4.24. The predicted molar refractivity (Wildman–Crippen MR) is 144 cm³/mol. The van der Waals surface area contributed by atoms with Gasteiger partial charge < -0.3 is 21.7 Å². The van der Waals surface area contributed by atoms with Gasteiger partial charge in [0.2, 0.25) is 0 Å². The second-order valence-electron chi connectivity index (χ2n) is 8.66. The first-order valence-electron chi connectivity index (χ1n) is 11.6. The number of rotatable bonds is 0. The monoisotopic (exact) mass is 468 g/mol. The smallest absolute Gasteiger partial charge is 0.0659 e. The van der Waals surface area contributed by atoms with Crippen molar-refractivity contribution in [1.82, 2.24) is 21.7 Å². The van der Waals surface area contributed by atoms with Gasteiger partial charge in [0, 0.05) is 0 Å². The summed E-state index contributed by atoms with van der Waals surface area (Å²) in [6.45, 7) is 0. The first-order valence-corrected chi connectivity index (χ1v) is 11.6. The highest BCUT2D eigenvalue weighted by Gasteiger charge is 2.13. The third kappa shape index (κ3) is 4.19. The van der Waals surface area contributed by atoms with Gasteiger partial charge in [-0.05, 0) is 97.2 Å². The molecule has 0 amide bonds. The van der Waals surface area contributed by atoms with Crippen LogP contribution in [0.1, 0.15) is 0 Å². The van der Waals surface area contributed by atoms with E-state index in [0.29, 0.717) is 0 Å². The molecule has 0 fully saturated rings. The van der Waals surface area contributed by atoms with Crippen LogP contribution < -0.4 is 21.7 Å². The molecule has 7 rings (SSSR count). The molecule has 4 N–H and O–H groups in total. The number of fused-ring (bicyclic) bond motifs is 6. The molecule has 7 aliphatic rings. The summed E-state index contributed by atoms with van der Waals surface area (Å²) in [7, 11) is 0. The number of hydrogen-bond donors (Lipinski definition) is 4. The van der Waals surface area contributed by atoms with Crippen molar-refractivity contribution < 1.29 is 0 Å². The lowest BCUT2D eigenvalue weighted by atomic mass is 10.2. The minimum atomic E-state index is 0.860. The molecule has 0 aliphatic carbocycles. The second-order valence-corrected chi connectivity index (χ2v) is 8.66. The Bertz CT molecular complexity index is 1480. The predicted octanol–water partition coefficient (Wildman–Crippen LogP) is 3.33. The fraction of sp³-hybridized carbons (Fsp3) is 0. The lowest BCUT2D eigenvalue weighted by Gasteiger charge is -2.00. The van der Waals surface area contributed by atoms with Crippen LogP contribution in [0.3, 0.4) is 0 Å². The number of hydrogen-bond acceptors (Lipinski definition) is 8. The number of nitrogens with one attached hydrogen (secondary N) is 4. The van der Waals surface area contributed by atoms with Gasteiger partial charge in [0.15, 0.2) is 0 Å². The molecular formula is C28H20N8. The first kappa shape index (κ1) is 20.2. The van der Waals surface area contributed by atoms with Crippen LogP contribution in [0.2, 0.25) is 0 Å². The van der Waals surface area contributed by atoms with Gasteiger partial charge in [0.1, 0.15) is 0 Å². The van der Waals surface area contributed by atoms with Gasteiger partial charge in [-0.15, -0.1) is 0 Å². The van der Waals surface area contributed by atoms with E-state index in [-0.39, 0.29) is 0 Å². The molecule has 0 aromatic rings. The molecule has 0 saturated heterocycles. The Labute approximate surface area is 207 Å². The van der Waals surface area contributed by atoms with Gasteiger partial charge in [0.25, 0.3) is 0 Å². The molecule has 0 unspecified atom stereocenters. The maximum absolute atomic E-state index is 4.70. The minimum absolute atomic E-state index is 0.860. The molecule has 0 aromatic heterocycles. The van der Waals surface area contributed by atoms with E-state index in [0.717, 1.165) is 68.4 Å². The summed E-state index contributed by atoms with van der Waals surface area (Å²) in [6.07, 6.45) is 31.9. The Morgan fingerprint density at radius 2 is 0.611 bits per heavy atom. The quantitative estimate of drug-likeness (QED) is 0.438. The zero-order valence-electron chi connectivity index (χ0n) is 19.0. The van der Waals surface area contributed by atoms with Crippen LogP contribution in [0.4, 0.5) is 0 Å². The summed E-state index contributed by atoms with van der Waals surface area (Å²) in [6, 6.07) is 0. The molecule has 12 bridgehead atoms. The molecule has 8 nitrogen and oxygen atoms in total. The van der Waals surface area contributed by atoms with Crippen molar-refractivity contribution in [3.8, 4) is 0 Å². The van der Waals surface area contributed by atoms with Gasteiger partial charge in [-0.25, -0.2) is 20.0 Å². The Hall–Kier alpha value is -5.24. The van der Waals surface area contributed by atoms with Gasteiger partial charge in [-0.2, -0.15) is 0 Å². The highest BCUT2D eigenvalue weighted by molar-refractivity contribution is 6.12. The molecule has 8 heteroatoms. The SMILES string of the molecule is C1=CC2=NC1=CC1=CC(=CC3=NC(=CC4=NC(=CC5=CC(=CC6=NC(=C2)C=C6)NN5)C=C4)C=C3)NN1. The van der Waals surface area contributed by atoms with Crippen LogP contribution in [0.15, 0.2) is 163 Å². The molecule has 0 aromatic carbocycles. The van der Waals surface area contributed by atoms with E-state index < -0.39 is 0 Å². The van der Waals surface area contributed by atoms with Crippen molar-refractivity contribution in [1.29, 1.82) is 0 Å². The van der Waals surface area contributed by atoms with Gasteiger partial charge >= 0.3 is 0 Å². The van der Waals surface area contributed by atoms with Crippen LogP contribution in [-0.2, 0) is 0 Å². The van der Waals surface area contributed by atoms with E-state index in [1.54, 1.807) is 0 Å². The van der Waals surface area contributed by atoms with Crippen LogP contribution in [0.25, 0.3) is 0 Å². The summed E-state index contributed by atoms with van der Waals surface area (Å²) in [5.41, 5.74) is 23.3. The average molecular weight is 469 g/mol. The van der Waals surface area contributed by atoms with Crippen LogP contribution in [0.5, 0.6) is 0 Å². The van der Waals surface area contributed by atoms with Crippen molar-refractivity contribution in [2.75, 3.05) is 0 Å². The molecule has 0 spiro atoms. The summed E-state index contributed by atoms with van der Waals surface area (Å²) in [4.78, 5) is 18.8. The van der Waals surface area contributed by atoms with E-state index in [1.165, 1.54) is 0 Å². The van der Waals surface area contributed by atoms with Crippen LogP contribution in [0, 0.1) is 0 Å². The first-order chi connectivity index (χ1) is 17.7. The standard InChI is InChI=1S/C28H20N8/c1-5-21-11-25-15-26(34-33-25)13-23-7-3-19(31-23)10-20-4-8-24(32-20)14-28-16-27(35-36-28)12-22-6-2-18(30-22)9-17(1)29-21/h1-16,33-36H. The van der Waals surface area contributed by atoms with Crippen molar-refractivity contribution in [3.05, 3.63) is 143 Å². The van der Waals surface area contributed by atoms with Crippen LogP contribution >= 0.6 is 0 Å². The molecular weight excluding hydrogens is 448 g/mol. The molecule has 7 aliphatic heterocycles. The van der Waals surface area contributed by atoms with Crippen molar-refractivity contribution in [2.24, 2.45) is 20.0 Å². The second kappa shape index (κ2) is 8.21. The third-order valence-electron chi connectivity index (χ3n) is 5.86. The zero-order chi connectivity index (χ0) is 23.9. The van der Waals surface area contributed by atoms with Gasteiger partial charge in [-0.1, -0.05) is 0 Å². The van der Waals surface area contributed by atoms with E-state index in [1.807, 2.05) is 97.2 Å². The number of allylic oxidation sites excluding steroid dienone is 16. The molecule has 36 heavy (non-hydrogen) atoms. The summed E-state index contributed by atoms with van der Waals surface area (Å²) in [5.74, 6) is 0. The van der Waals surface area contributed by atoms with E-state index in [4.69, 9.17) is 20.0 Å². The Balaban J connectivity index is 1.26. The van der Waals surface area contributed by atoms with Gasteiger partial charge in [-0.3, -0.25) is 0 Å². The minimum Gasteiger partial charge on any atom is -0.301 e. The lowest BCUT2D eigenvalue weighted by Crippen LogP contribution is -2.22. The fourth-order valence-electron chi connectivity index (χ4n) is 4.24. The molecule has 0 saturated carbocycles. The Morgan fingerprint density at radius 3 is 1.00 bits per heavy atom.